The molecule has 0 fully saturated rings. The van der Waals surface area contributed by atoms with Crippen LogP contribution in [-0.2, 0) is 4.79 Å². The van der Waals surface area contributed by atoms with E-state index in [1.54, 1.807) is 24.3 Å². The fourth-order valence-corrected chi connectivity index (χ4v) is 1.57. The molecule has 3 nitrogen and oxygen atoms in total. The Morgan fingerprint density at radius 2 is 1.75 bits per heavy atom. The zero-order chi connectivity index (χ0) is 14.5. The van der Waals surface area contributed by atoms with Crippen LogP contribution in [0.25, 0.3) is 0 Å². The first kappa shape index (κ1) is 13.9. The van der Waals surface area contributed by atoms with E-state index in [-0.39, 0.29) is 11.3 Å². The van der Waals surface area contributed by atoms with Crippen molar-refractivity contribution in [1.82, 2.24) is 0 Å². The van der Waals surface area contributed by atoms with Crippen molar-refractivity contribution in [3.05, 3.63) is 59.7 Å². The Balaban J connectivity index is 2.34. The summed E-state index contributed by atoms with van der Waals surface area (Å²) in [6.45, 7) is 1.26. The van der Waals surface area contributed by atoms with Crippen molar-refractivity contribution >= 4 is 17.9 Å². The Morgan fingerprint density at radius 3 is 2.40 bits per heavy atom. The molecule has 0 atom stereocenters. The van der Waals surface area contributed by atoms with E-state index >= 15 is 0 Å². The highest BCUT2D eigenvalue weighted by atomic mass is 19.1. The lowest BCUT2D eigenvalue weighted by molar-refractivity contribution is -0.131. The molecule has 0 saturated carbocycles. The summed E-state index contributed by atoms with van der Waals surface area (Å²) in [6.07, 6.45) is 1.06. The van der Waals surface area contributed by atoms with E-state index in [9.17, 15) is 13.6 Å². The Kier molecular flexibility index (Phi) is 4.20. The predicted octanol–water partition coefficient (Wildman–Crippen LogP) is 3.64. The molecule has 0 saturated heterocycles. The van der Waals surface area contributed by atoms with Crippen molar-refractivity contribution in [3.63, 3.8) is 0 Å². The molecule has 0 amide bonds. The van der Waals surface area contributed by atoms with Gasteiger partial charge in [-0.1, -0.05) is 18.2 Å². The van der Waals surface area contributed by atoms with E-state index < -0.39 is 17.6 Å². The molecular formula is C15H11F2NO2. The van der Waals surface area contributed by atoms with Crippen molar-refractivity contribution in [2.45, 2.75) is 6.92 Å². The molecule has 2 aromatic carbocycles. The number of carbonyl (C=O) groups excluding carboxylic acids is 1. The number of benzene rings is 2. The molecule has 0 aliphatic rings. The molecule has 0 unspecified atom stereocenters. The number of hydrogen-bond donors (Lipinski definition) is 0. The third-order valence-electron chi connectivity index (χ3n) is 2.45. The maximum absolute atomic E-state index is 13.4. The lowest BCUT2D eigenvalue weighted by Crippen LogP contribution is -2.01. The normalized spacial score (nSPS) is 10.8. The van der Waals surface area contributed by atoms with Crippen LogP contribution in [0.15, 0.2) is 47.5 Å². The maximum atomic E-state index is 13.4. The maximum Gasteiger partial charge on any atom is 0.308 e. The minimum absolute atomic E-state index is 0.230. The van der Waals surface area contributed by atoms with Gasteiger partial charge in [0.25, 0.3) is 0 Å². The first-order chi connectivity index (χ1) is 9.58. The van der Waals surface area contributed by atoms with Crippen LogP contribution in [0, 0.1) is 11.6 Å². The van der Waals surface area contributed by atoms with Crippen LogP contribution >= 0.6 is 0 Å². The number of nitrogens with zero attached hydrogens (tertiary/aromatic N) is 1. The zero-order valence-corrected chi connectivity index (χ0v) is 10.6. The van der Waals surface area contributed by atoms with E-state index in [0.29, 0.717) is 5.69 Å². The first-order valence-corrected chi connectivity index (χ1v) is 5.83. The molecule has 0 aliphatic heterocycles. The second kappa shape index (κ2) is 6.06. The number of esters is 1. The van der Waals surface area contributed by atoms with E-state index in [4.69, 9.17) is 4.74 Å². The number of carbonyl (C=O) groups is 1. The standard InChI is InChI=1S/C15H11F2NO2/c1-10(19)20-15-8-3-2-7-14(15)18-9-11-12(16)5-4-6-13(11)17/h2-9H,1H3. The Hall–Kier alpha value is -2.56. The fourth-order valence-electron chi connectivity index (χ4n) is 1.57. The van der Waals surface area contributed by atoms with Gasteiger partial charge in [0.05, 0.1) is 5.56 Å². The van der Waals surface area contributed by atoms with Gasteiger partial charge in [-0.2, -0.15) is 0 Å². The summed E-state index contributed by atoms with van der Waals surface area (Å²) < 4.78 is 31.8. The van der Waals surface area contributed by atoms with Crippen LogP contribution in [-0.4, -0.2) is 12.2 Å². The predicted molar refractivity (Wildman–Crippen MR) is 71.4 cm³/mol. The summed E-state index contributed by atoms with van der Waals surface area (Å²) >= 11 is 0. The second-order valence-electron chi connectivity index (χ2n) is 3.95. The molecule has 0 radical (unpaired) electrons. The monoisotopic (exact) mass is 275 g/mol. The van der Waals surface area contributed by atoms with Crippen molar-refractivity contribution < 1.29 is 18.3 Å². The molecule has 5 heteroatoms. The van der Waals surface area contributed by atoms with Gasteiger partial charge in [0.15, 0.2) is 5.75 Å². The van der Waals surface area contributed by atoms with Crippen LogP contribution in [0.3, 0.4) is 0 Å². The number of hydrogen-bond acceptors (Lipinski definition) is 3. The second-order valence-corrected chi connectivity index (χ2v) is 3.95. The average Bonchev–Trinajstić information content (AvgIpc) is 2.39. The molecule has 2 rings (SSSR count). The summed E-state index contributed by atoms with van der Waals surface area (Å²) in [5.41, 5.74) is 0.0653. The molecule has 0 aromatic heterocycles. The van der Waals surface area contributed by atoms with Crippen LogP contribution in [0.4, 0.5) is 14.5 Å². The van der Waals surface area contributed by atoms with E-state index in [1.807, 2.05) is 0 Å². The van der Waals surface area contributed by atoms with Crippen molar-refractivity contribution in [2.75, 3.05) is 0 Å². The Labute approximate surface area is 114 Å². The summed E-state index contributed by atoms with van der Waals surface area (Å²) in [5, 5.41) is 0. The molecular weight excluding hydrogens is 264 g/mol. The molecule has 0 bridgehead atoms. The summed E-state index contributed by atoms with van der Waals surface area (Å²) in [6, 6.07) is 10.0. The minimum Gasteiger partial charge on any atom is -0.424 e. The summed E-state index contributed by atoms with van der Waals surface area (Å²) in [4.78, 5) is 14.9. The molecule has 0 aliphatic carbocycles. The fraction of sp³-hybridized carbons (Fsp3) is 0.0667. The topological polar surface area (TPSA) is 38.7 Å². The molecule has 20 heavy (non-hydrogen) atoms. The van der Waals surface area contributed by atoms with Gasteiger partial charge in [-0.3, -0.25) is 9.79 Å². The molecule has 0 heterocycles. The van der Waals surface area contributed by atoms with Crippen LogP contribution in [0.1, 0.15) is 12.5 Å². The highest BCUT2D eigenvalue weighted by Gasteiger charge is 2.07. The van der Waals surface area contributed by atoms with Crippen LogP contribution < -0.4 is 4.74 Å². The van der Waals surface area contributed by atoms with Gasteiger partial charge in [-0.05, 0) is 24.3 Å². The van der Waals surface area contributed by atoms with Gasteiger partial charge in [0, 0.05) is 13.1 Å². The third-order valence-corrected chi connectivity index (χ3v) is 2.45. The zero-order valence-electron chi connectivity index (χ0n) is 10.6. The Bertz CT molecular complexity index is 648. The van der Waals surface area contributed by atoms with Crippen molar-refractivity contribution in [3.8, 4) is 5.75 Å². The van der Waals surface area contributed by atoms with Crippen LogP contribution in [0.2, 0.25) is 0 Å². The van der Waals surface area contributed by atoms with Gasteiger partial charge in [0.2, 0.25) is 0 Å². The highest BCUT2D eigenvalue weighted by Crippen LogP contribution is 2.27. The molecule has 0 N–H and O–H groups in total. The first-order valence-electron chi connectivity index (χ1n) is 5.83. The SMILES string of the molecule is CC(=O)Oc1ccccc1N=Cc1c(F)cccc1F. The minimum atomic E-state index is -0.710. The lowest BCUT2D eigenvalue weighted by Gasteiger charge is -2.04. The van der Waals surface area contributed by atoms with Gasteiger partial charge < -0.3 is 4.74 Å². The quantitative estimate of drug-likeness (QED) is 0.487. The van der Waals surface area contributed by atoms with Crippen LogP contribution in [0.5, 0.6) is 5.75 Å². The number of halogens is 2. The van der Waals surface area contributed by atoms with Gasteiger partial charge in [-0.15, -0.1) is 0 Å². The van der Waals surface area contributed by atoms with Gasteiger partial charge in [-0.25, -0.2) is 8.78 Å². The number of ether oxygens (including phenoxy) is 1. The van der Waals surface area contributed by atoms with Crippen molar-refractivity contribution in [1.29, 1.82) is 0 Å². The van der Waals surface area contributed by atoms with Gasteiger partial charge in [0.1, 0.15) is 17.3 Å². The van der Waals surface area contributed by atoms with E-state index in [1.165, 1.54) is 13.0 Å². The lowest BCUT2D eigenvalue weighted by atomic mass is 10.2. The summed E-state index contributed by atoms with van der Waals surface area (Å²) in [7, 11) is 0. The smallest absolute Gasteiger partial charge is 0.308 e. The van der Waals surface area contributed by atoms with Crippen molar-refractivity contribution in [2.24, 2.45) is 4.99 Å². The van der Waals surface area contributed by atoms with Gasteiger partial charge >= 0.3 is 5.97 Å². The molecule has 2 aromatic rings. The molecule has 102 valence electrons. The third kappa shape index (κ3) is 3.26. The largest absolute Gasteiger partial charge is 0.424 e. The average molecular weight is 275 g/mol. The van der Waals surface area contributed by atoms with E-state index in [0.717, 1.165) is 18.3 Å². The number of rotatable bonds is 3. The number of aliphatic imine (C=N–C) groups is 1. The summed E-state index contributed by atoms with van der Waals surface area (Å²) in [5.74, 6) is -1.69. The van der Waals surface area contributed by atoms with E-state index in [2.05, 4.69) is 4.99 Å². The Morgan fingerprint density at radius 1 is 1.10 bits per heavy atom. The number of para-hydroxylation sites is 2. The highest BCUT2D eigenvalue weighted by molar-refractivity contribution is 5.83. The molecule has 0 spiro atoms.